The lowest BCUT2D eigenvalue weighted by Crippen LogP contribution is -2.09. The Labute approximate surface area is 74.3 Å². The van der Waals surface area contributed by atoms with E-state index in [0.717, 1.165) is 6.39 Å². The van der Waals surface area contributed by atoms with Gasteiger partial charge in [0.2, 0.25) is 12.2 Å². The summed E-state index contributed by atoms with van der Waals surface area (Å²) in [5.41, 5.74) is 0.141. The second-order valence-corrected chi connectivity index (χ2v) is 2.33. The standard InChI is InChI=1S/C6H9N5O2/c1-11(2)8-3-5(9-12)6-7-4-13-10-6/h3-4,12H,1-2H3. The molecule has 0 fully saturated rings. The minimum absolute atomic E-state index is 0.141. The van der Waals surface area contributed by atoms with Crippen molar-refractivity contribution in [3.8, 4) is 0 Å². The molecule has 0 saturated heterocycles. The van der Waals surface area contributed by atoms with Gasteiger partial charge in [0, 0.05) is 14.1 Å². The van der Waals surface area contributed by atoms with Gasteiger partial charge in [-0.3, -0.25) is 0 Å². The number of nitrogens with zero attached hydrogens (tertiary/aromatic N) is 5. The average Bonchev–Trinajstić information content (AvgIpc) is 2.58. The number of oxime groups is 1. The maximum absolute atomic E-state index is 8.57. The van der Waals surface area contributed by atoms with Gasteiger partial charge in [-0.25, -0.2) is 0 Å². The quantitative estimate of drug-likeness (QED) is 0.398. The highest BCUT2D eigenvalue weighted by atomic mass is 16.5. The summed E-state index contributed by atoms with van der Waals surface area (Å²) in [5.74, 6) is 0.188. The van der Waals surface area contributed by atoms with Crippen molar-refractivity contribution in [3.63, 3.8) is 0 Å². The Bertz CT molecular complexity index is 303. The first kappa shape index (κ1) is 9.17. The lowest BCUT2D eigenvalue weighted by atomic mass is 10.4. The van der Waals surface area contributed by atoms with Gasteiger partial charge in [-0.05, 0) is 0 Å². The van der Waals surface area contributed by atoms with Crippen LogP contribution in [0.15, 0.2) is 21.2 Å². The predicted octanol–water partition coefficient (Wildman–Crippen LogP) is -0.205. The SMILES string of the molecule is CN(C)N=CC(=NO)c1ncon1. The van der Waals surface area contributed by atoms with Crippen LogP contribution in [0.25, 0.3) is 0 Å². The Hall–Kier alpha value is -1.92. The summed E-state index contributed by atoms with van der Waals surface area (Å²) in [6, 6.07) is 0. The third-order valence-corrected chi connectivity index (χ3v) is 1.11. The summed E-state index contributed by atoms with van der Waals surface area (Å²) in [6.07, 6.45) is 2.47. The molecule has 0 aliphatic rings. The molecule has 0 saturated carbocycles. The van der Waals surface area contributed by atoms with Crippen molar-refractivity contribution < 1.29 is 9.73 Å². The second kappa shape index (κ2) is 4.19. The van der Waals surface area contributed by atoms with Gasteiger partial charge in [0.1, 0.15) is 0 Å². The van der Waals surface area contributed by atoms with Crippen molar-refractivity contribution in [2.75, 3.05) is 14.1 Å². The molecule has 0 radical (unpaired) electrons. The number of hydrogen-bond donors (Lipinski definition) is 1. The molecule has 1 N–H and O–H groups in total. The molecule has 13 heavy (non-hydrogen) atoms. The molecular weight excluding hydrogens is 174 g/mol. The molecule has 0 bridgehead atoms. The fourth-order valence-corrected chi connectivity index (χ4v) is 0.582. The first-order chi connectivity index (χ1) is 6.24. The van der Waals surface area contributed by atoms with E-state index >= 15 is 0 Å². The lowest BCUT2D eigenvalue weighted by molar-refractivity contribution is 0.319. The molecule has 1 heterocycles. The van der Waals surface area contributed by atoms with Crippen LogP contribution < -0.4 is 0 Å². The van der Waals surface area contributed by atoms with Gasteiger partial charge in [-0.15, -0.1) is 0 Å². The van der Waals surface area contributed by atoms with E-state index < -0.39 is 0 Å². The summed E-state index contributed by atoms with van der Waals surface area (Å²) in [7, 11) is 3.48. The molecule has 0 amide bonds. The largest absolute Gasteiger partial charge is 0.410 e. The first-order valence-electron chi connectivity index (χ1n) is 3.44. The molecular formula is C6H9N5O2. The Morgan fingerprint density at radius 3 is 2.92 bits per heavy atom. The summed E-state index contributed by atoms with van der Waals surface area (Å²) in [5, 5.41) is 20.4. The van der Waals surface area contributed by atoms with Crippen LogP contribution in [0.5, 0.6) is 0 Å². The number of aromatic nitrogens is 2. The topological polar surface area (TPSA) is 87.1 Å². The monoisotopic (exact) mass is 183 g/mol. The Morgan fingerprint density at radius 1 is 1.69 bits per heavy atom. The van der Waals surface area contributed by atoms with Crippen LogP contribution in [0.1, 0.15) is 5.82 Å². The normalized spacial score (nSPS) is 12.3. The molecule has 0 atom stereocenters. The zero-order valence-corrected chi connectivity index (χ0v) is 7.25. The second-order valence-electron chi connectivity index (χ2n) is 2.33. The van der Waals surface area contributed by atoms with E-state index in [0.29, 0.717) is 0 Å². The van der Waals surface area contributed by atoms with Crippen LogP contribution in [-0.4, -0.2) is 46.4 Å². The maximum atomic E-state index is 8.57. The van der Waals surface area contributed by atoms with E-state index in [1.807, 2.05) is 0 Å². The van der Waals surface area contributed by atoms with Crippen LogP contribution in [0.3, 0.4) is 0 Å². The molecule has 0 aliphatic heterocycles. The summed E-state index contributed by atoms with van der Waals surface area (Å²) >= 11 is 0. The summed E-state index contributed by atoms with van der Waals surface area (Å²) < 4.78 is 4.48. The molecule has 1 aromatic heterocycles. The highest BCUT2D eigenvalue weighted by molar-refractivity contribution is 6.36. The summed E-state index contributed by atoms with van der Waals surface area (Å²) in [6.45, 7) is 0. The molecule has 1 rings (SSSR count). The minimum atomic E-state index is 0.141. The highest BCUT2D eigenvalue weighted by Gasteiger charge is 2.06. The van der Waals surface area contributed by atoms with E-state index in [1.54, 1.807) is 19.1 Å². The van der Waals surface area contributed by atoms with Gasteiger partial charge in [0.05, 0.1) is 6.21 Å². The van der Waals surface area contributed by atoms with E-state index in [2.05, 4.69) is 24.9 Å². The zero-order chi connectivity index (χ0) is 9.68. The number of hydrazone groups is 1. The molecule has 0 unspecified atom stereocenters. The Kier molecular flexibility index (Phi) is 2.96. The van der Waals surface area contributed by atoms with Gasteiger partial charge in [0.25, 0.3) is 0 Å². The molecule has 0 aromatic carbocycles. The average molecular weight is 183 g/mol. The highest BCUT2D eigenvalue weighted by Crippen LogP contribution is 1.90. The zero-order valence-electron chi connectivity index (χ0n) is 7.25. The van der Waals surface area contributed by atoms with E-state index in [4.69, 9.17) is 5.21 Å². The van der Waals surface area contributed by atoms with Crippen LogP contribution in [-0.2, 0) is 0 Å². The fourth-order valence-electron chi connectivity index (χ4n) is 0.582. The van der Waals surface area contributed by atoms with Gasteiger partial charge in [-0.2, -0.15) is 10.1 Å². The maximum Gasteiger partial charge on any atom is 0.225 e. The third-order valence-electron chi connectivity index (χ3n) is 1.11. The van der Waals surface area contributed by atoms with Crippen LogP contribution in [0.4, 0.5) is 0 Å². The van der Waals surface area contributed by atoms with Gasteiger partial charge >= 0.3 is 0 Å². The number of hydrogen-bond acceptors (Lipinski definition) is 7. The lowest BCUT2D eigenvalue weighted by Gasteiger charge is -2.01. The van der Waals surface area contributed by atoms with Crippen molar-refractivity contribution in [2.45, 2.75) is 0 Å². The molecule has 0 spiro atoms. The Balaban J connectivity index is 2.77. The van der Waals surface area contributed by atoms with Crippen LogP contribution in [0, 0.1) is 0 Å². The molecule has 7 nitrogen and oxygen atoms in total. The number of rotatable bonds is 3. The van der Waals surface area contributed by atoms with Gasteiger partial charge < -0.3 is 14.7 Å². The third kappa shape index (κ3) is 2.55. The minimum Gasteiger partial charge on any atom is -0.410 e. The Morgan fingerprint density at radius 2 is 2.46 bits per heavy atom. The van der Waals surface area contributed by atoms with Crippen molar-refractivity contribution in [1.82, 2.24) is 15.1 Å². The van der Waals surface area contributed by atoms with Crippen molar-refractivity contribution in [2.24, 2.45) is 10.3 Å². The van der Waals surface area contributed by atoms with Crippen LogP contribution >= 0.6 is 0 Å². The van der Waals surface area contributed by atoms with Crippen molar-refractivity contribution >= 4 is 11.9 Å². The summed E-state index contributed by atoms with van der Waals surface area (Å²) in [4.78, 5) is 3.69. The van der Waals surface area contributed by atoms with E-state index in [-0.39, 0.29) is 11.5 Å². The predicted molar refractivity (Wildman–Crippen MR) is 44.8 cm³/mol. The van der Waals surface area contributed by atoms with E-state index in [1.165, 1.54) is 6.21 Å². The fraction of sp³-hybridized carbons (Fsp3) is 0.333. The van der Waals surface area contributed by atoms with E-state index in [9.17, 15) is 0 Å². The molecule has 7 heteroatoms. The smallest absolute Gasteiger partial charge is 0.225 e. The molecule has 0 aliphatic carbocycles. The van der Waals surface area contributed by atoms with Gasteiger partial charge in [-0.1, -0.05) is 10.3 Å². The van der Waals surface area contributed by atoms with Crippen molar-refractivity contribution in [3.05, 3.63) is 12.2 Å². The molecule has 1 aromatic rings. The van der Waals surface area contributed by atoms with Crippen molar-refractivity contribution in [1.29, 1.82) is 0 Å². The van der Waals surface area contributed by atoms with Crippen LogP contribution in [0.2, 0.25) is 0 Å². The molecule has 70 valence electrons. The first-order valence-corrected chi connectivity index (χ1v) is 3.44. The van der Waals surface area contributed by atoms with Gasteiger partial charge in [0.15, 0.2) is 5.71 Å².